The molecule has 0 radical (unpaired) electrons. The van der Waals surface area contributed by atoms with Crippen molar-refractivity contribution in [2.24, 2.45) is 0 Å². The molecule has 0 unspecified atom stereocenters. The van der Waals surface area contributed by atoms with Crippen LogP contribution in [0.4, 0.5) is 0 Å². The Balaban J connectivity index is 2.70. The van der Waals surface area contributed by atoms with Crippen molar-refractivity contribution in [1.82, 2.24) is 9.95 Å². The lowest BCUT2D eigenvalue weighted by Gasteiger charge is -2.19. The molecule has 9 heteroatoms. The number of carbonyl (C=O) groups excluding carboxylic acids is 1. The Morgan fingerprint density at radius 3 is 2.50 bits per heavy atom. The molecule has 0 saturated heterocycles. The number of carbonyl (C=O) groups is 1. The Labute approximate surface area is 117 Å². The third kappa shape index (κ3) is 5.23. The number of nitrogens with one attached hydrogen (secondary N) is 1. The minimum atomic E-state index is -4.59. The second-order valence-electron chi connectivity index (χ2n) is 3.88. The number of benzene rings is 1. The Hall–Kier alpha value is -1.52. The standard InChI is InChI=1S/C11H16N2O6S/c1-9(11(14)18-2)12-19-13(20(15,16)17)8-10-6-4-3-5-7-10/h3-7,9,12H,8H2,1-2H3,(H,15,16,17)/t9-/m0/s1. The molecule has 0 spiro atoms. The molecule has 0 saturated carbocycles. The van der Waals surface area contributed by atoms with E-state index in [1.54, 1.807) is 30.3 Å². The highest BCUT2D eigenvalue weighted by Crippen LogP contribution is 2.08. The van der Waals surface area contributed by atoms with E-state index < -0.39 is 22.3 Å². The van der Waals surface area contributed by atoms with E-state index in [9.17, 15) is 13.2 Å². The van der Waals surface area contributed by atoms with Crippen molar-refractivity contribution in [3.63, 3.8) is 0 Å². The van der Waals surface area contributed by atoms with Crippen LogP contribution in [0.3, 0.4) is 0 Å². The van der Waals surface area contributed by atoms with Crippen LogP contribution in [0.15, 0.2) is 30.3 Å². The molecule has 0 amide bonds. The summed E-state index contributed by atoms with van der Waals surface area (Å²) in [5.41, 5.74) is 2.77. The lowest BCUT2D eigenvalue weighted by molar-refractivity contribution is -0.179. The van der Waals surface area contributed by atoms with Crippen LogP contribution in [0.1, 0.15) is 12.5 Å². The first-order chi connectivity index (χ1) is 9.34. The van der Waals surface area contributed by atoms with Gasteiger partial charge in [0, 0.05) is 0 Å². The predicted octanol–water partition coefficient (Wildman–Crippen LogP) is 0.289. The van der Waals surface area contributed by atoms with Crippen molar-refractivity contribution in [2.45, 2.75) is 19.5 Å². The Bertz CT molecular complexity index is 533. The first-order valence-corrected chi connectivity index (χ1v) is 7.03. The fourth-order valence-corrected chi connectivity index (χ4v) is 1.71. The van der Waals surface area contributed by atoms with Crippen LogP contribution in [0.25, 0.3) is 0 Å². The maximum atomic E-state index is 11.2. The summed E-state index contributed by atoms with van der Waals surface area (Å²) in [5, 5.41) is 0. The van der Waals surface area contributed by atoms with Gasteiger partial charge in [0.2, 0.25) is 0 Å². The van der Waals surface area contributed by atoms with E-state index in [1.807, 2.05) is 0 Å². The zero-order valence-corrected chi connectivity index (χ0v) is 11.8. The quantitative estimate of drug-likeness (QED) is 0.423. The molecule has 0 fully saturated rings. The molecule has 0 heterocycles. The maximum Gasteiger partial charge on any atom is 0.360 e. The molecule has 112 valence electrons. The van der Waals surface area contributed by atoms with Gasteiger partial charge in [-0.2, -0.15) is 18.8 Å². The smallest absolute Gasteiger partial charge is 0.360 e. The summed E-state index contributed by atoms with van der Waals surface area (Å²) < 4.78 is 36.2. The van der Waals surface area contributed by atoms with Crippen LogP contribution < -0.4 is 5.48 Å². The highest BCUT2D eigenvalue weighted by Gasteiger charge is 2.23. The molecule has 2 N–H and O–H groups in total. The minimum absolute atomic E-state index is 0.222. The Morgan fingerprint density at radius 2 is 2.00 bits per heavy atom. The largest absolute Gasteiger partial charge is 0.468 e. The fraction of sp³-hybridized carbons (Fsp3) is 0.364. The molecule has 0 bridgehead atoms. The number of rotatable bonds is 7. The zero-order chi connectivity index (χ0) is 15.2. The Morgan fingerprint density at radius 1 is 1.40 bits per heavy atom. The van der Waals surface area contributed by atoms with E-state index in [-0.39, 0.29) is 6.54 Å². The number of ether oxygens (including phenoxy) is 1. The summed E-state index contributed by atoms with van der Waals surface area (Å²) in [7, 11) is -3.41. The summed E-state index contributed by atoms with van der Waals surface area (Å²) in [6, 6.07) is 7.60. The molecule has 1 aromatic rings. The van der Waals surface area contributed by atoms with E-state index in [1.165, 1.54) is 14.0 Å². The third-order valence-corrected chi connectivity index (χ3v) is 3.02. The van der Waals surface area contributed by atoms with Gasteiger partial charge in [0.15, 0.2) is 0 Å². The lowest BCUT2D eigenvalue weighted by Crippen LogP contribution is -2.42. The van der Waals surface area contributed by atoms with Crippen molar-refractivity contribution in [3.05, 3.63) is 35.9 Å². The van der Waals surface area contributed by atoms with Crippen LogP contribution in [0.2, 0.25) is 0 Å². The van der Waals surface area contributed by atoms with Gasteiger partial charge in [-0.25, -0.2) is 0 Å². The van der Waals surface area contributed by atoms with Crippen LogP contribution in [0, 0.1) is 0 Å². The van der Waals surface area contributed by atoms with Gasteiger partial charge in [-0.3, -0.25) is 9.35 Å². The summed E-state index contributed by atoms with van der Waals surface area (Å²) in [5.74, 6) is -0.639. The van der Waals surface area contributed by atoms with Crippen molar-refractivity contribution in [3.8, 4) is 0 Å². The first kappa shape index (κ1) is 16.5. The maximum absolute atomic E-state index is 11.2. The van der Waals surface area contributed by atoms with Crippen LogP contribution in [-0.4, -0.2) is 36.6 Å². The number of nitrogens with zero attached hydrogens (tertiary/aromatic N) is 1. The molecule has 1 aromatic carbocycles. The van der Waals surface area contributed by atoms with Crippen molar-refractivity contribution in [1.29, 1.82) is 0 Å². The van der Waals surface area contributed by atoms with Gasteiger partial charge in [-0.1, -0.05) is 30.3 Å². The molecule has 0 aromatic heterocycles. The first-order valence-electron chi connectivity index (χ1n) is 5.64. The van der Waals surface area contributed by atoms with Crippen LogP contribution >= 0.6 is 0 Å². The molecule has 0 aliphatic carbocycles. The molecule has 0 aliphatic heterocycles. The van der Waals surface area contributed by atoms with Gasteiger partial charge < -0.3 is 4.74 Å². The van der Waals surface area contributed by atoms with E-state index in [0.717, 1.165) is 0 Å². The summed E-state index contributed by atoms with van der Waals surface area (Å²) in [6.07, 6.45) is 0. The number of hydrogen-bond acceptors (Lipinski definition) is 6. The number of hydrogen-bond donors (Lipinski definition) is 2. The van der Waals surface area contributed by atoms with Gasteiger partial charge in [0.05, 0.1) is 13.7 Å². The highest BCUT2D eigenvalue weighted by atomic mass is 32.2. The normalized spacial score (nSPS) is 13.2. The molecule has 20 heavy (non-hydrogen) atoms. The highest BCUT2D eigenvalue weighted by molar-refractivity contribution is 7.83. The molecule has 0 aliphatic rings. The summed E-state index contributed by atoms with van der Waals surface area (Å²) >= 11 is 0. The van der Waals surface area contributed by atoms with E-state index in [0.29, 0.717) is 10.0 Å². The van der Waals surface area contributed by atoms with Gasteiger partial charge in [0.25, 0.3) is 0 Å². The summed E-state index contributed by atoms with van der Waals surface area (Å²) in [4.78, 5) is 15.9. The molecule has 1 rings (SSSR count). The van der Waals surface area contributed by atoms with E-state index in [4.69, 9.17) is 9.49 Å². The third-order valence-electron chi connectivity index (χ3n) is 2.30. The van der Waals surface area contributed by atoms with Gasteiger partial charge in [-0.05, 0) is 17.0 Å². The second-order valence-corrected chi connectivity index (χ2v) is 5.18. The molecule has 1 atom stereocenters. The topological polar surface area (TPSA) is 105 Å². The average Bonchev–Trinajstić information content (AvgIpc) is 2.42. The molecular formula is C11H16N2O6S. The van der Waals surface area contributed by atoms with Gasteiger partial charge in [0.1, 0.15) is 6.04 Å². The minimum Gasteiger partial charge on any atom is -0.468 e. The van der Waals surface area contributed by atoms with Crippen molar-refractivity contribution >= 4 is 16.3 Å². The van der Waals surface area contributed by atoms with E-state index in [2.05, 4.69) is 10.2 Å². The number of hydroxylamine groups is 2. The zero-order valence-electron chi connectivity index (χ0n) is 11.0. The van der Waals surface area contributed by atoms with Gasteiger partial charge in [-0.15, -0.1) is 0 Å². The lowest BCUT2D eigenvalue weighted by atomic mass is 10.2. The van der Waals surface area contributed by atoms with Crippen LogP contribution in [0.5, 0.6) is 0 Å². The number of esters is 1. The van der Waals surface area contributed by atoms with E-state index >= 15 is 0 Å². The fourth-order valence-electron chi connectivity index (χ4n) is 1.26. The van der Waals surface area contributed by atoms with Crippen molar-refractivity contribution in [2.75, 3.05) is 7.11 Å². The monoisotopic (exact) mass is 304 g/mol. The average molecular weight is 304 g/mol. The summed E-state index contributed by atoms with van der Waals surface area (Å²) in [6.45, 7) is 1.19. The predicted molar refractivity (Wildman–Crippen MR) is 69.2 cm³/mol. The van der Waals surface area contributed by atoms with Crippen LogP contribution in [-0.2, 0) is 31.3 Å². The molecular weight excluding hydrogens is 288 g/mol. The second kappa shape index (κ2) is 7.31. The van der Waals surface area contributed by atoms with Gasteiger partial charge >= 0.3 is 16.3 Å². The Kier molecular flexibility index (Phi) is 6.05. The SMILES string of the molecule is COC(=O)[C@H](C)NON(Cc1ccccc1)S(=O)(=O)O. The number of methoxy groups -OCH3 is 1. The van der Waals surface area contributed by atoms with Crippen molar-refractivity contribution < 1.29 is 27.4 Å². The molecule has 8 nitrogen and oxygen atoms in total.